The summed E-state index contributed by atoms with van der Waals surface area (Å²) < 4.78 is 10.7. The first-order chi connectivity index (χ1) is 8.91. The summed E-state index contributed by atoms with van der Waals surface area (Å²) in [6.45, 7) is 13.5. The monoisotopic (exact) mass is 285 g/mol. The van der Waals surface area contributed by atoms with Crippen molar-refractivity contribution in [3.8, 4) is 0 Å². The third-order valence-corrected chi connectivity index (χ3v) is 5.36. The molecule has 110 valence electrons. The van der Waals surface area contributed by atoms with E-state index in [-0.39, 0.29) is 0 Å². The average Bonchev–Trinajstić information content (AvgIpc) is 2.39. The fourth-order valence-electron chi connectivity index (χ4n) is 1.48. The summed E-state index contributed by atoms with van der Waals surface area (Å²) in [6.07, 6.45) is 3.24. The van der Waals surface area contributed by atoms with Gasteiger partial charge in [0.05, 0.1) is 6.61 Å². The third-order valence-electron chi connectivity index (χ3n) is 2.82. The molecule has 0 N–H and O–H groups in total. The molecule has 0 unspecified atom stereocenters. The van der Waals surface area contributed by atoms with Crippen LogP contribution in [0.15, 0.2) is 17.6 Å². The van der Waals surface area contributed by atoms with Crippen LogP contribution in [0.4, 0.5) is 0 Å². The van der Waals surface area contributed by atoms with Crippen LogP contribution in [0.3, 0.4) is 0 Å². The molecule has 0 spiro atoms. The minimum Gasteiger partial charge on any atom is -0.460 e. The van der Waals surface area contributed by atoms with Gasteiger partial charge in [0.1, 0.15) is 6.61 Å². The molecule has 0 bridgehead atoms. The predicted octanol–water partition coefficient (Wildman–Crippen LogP) is 3.20. The van der Waals surface area contributed by atoms with E-state index in [2.05, 4.69) is 38.5 Å². The molecule has 0 rings (SSSR count). The molecule has 0 aliphatic rings. The van der Waals surface area contributed by atoms with Crippen molar-refractivity contribution in [2.45, 2.75) is 45.8 Å². The fraction of sp³-hybridized carbons (Fsp3) is 0.714. The molecule has 0 aromatic carbocycles. The van der Waals surface area contributed by atoms with Crippen molar-refractivity contribution in [1.29, 1.82) is 0 Å². The second-order valence-corrected chi connectivity index (χ2v) is 9.36. The van der Waals surface area contributed by atoms with Crippen molar-refractivity contribution < 1.29 is 14.0 Å². The molecule has 0 aromatic heterocycles. The van der Waals surface area contributed by atoms with Crippen LogP contribution in [0.1, 0.15) is 26.7 Å². The largest absolute Gasteiger partial charge is 0.460 e. The van der Waals surface area contributed by atoms with Crippen LogP contribution < -0.4 is 0 Å². The topological polar surface area (TPSA) is 47.9 Å². The van der Waals surface area contributed by atoms with E-state index in [1.54, 1.807) is 0 Å². The lowest BCUT2D eigenvalue weighted by molar-refractivity contribution is -0.138. The summed E-state index contributed by atoms with van der Waals surface area (Å²) in [5.74, 6) is -0.396. The summed E-state index contributed by atoms with van der Waals surface area (Å²) in [4.78, 5) is 15.3. The van der Waals surface area contributed by atoms with Gasteiger partial charge in [0.2, 0.25) is 0 Å². The lowest BCUT2D eigenvalue weighted by Crippen LogP contribution is -2.32. The normalized spacial score (nSPS) is 12.3. The van der Waals surface area contributed by atoms with Gasteiger partial charge in [-0.05, 0) is 38.9 Å². The zero-order chi connectivity index (χ0) is 14.7. The van der Waals surface area contributed by atoms with Crippen molar-refractivity contribution in [3.63, 3.8) is 0 Å². The number of carbonyl (C=O) groups is 1. The van der Waals surface area contributed by atoms with Crippen LogP contribution >= 0.6 is 0 Å². The Bertz CT molecular complexity index is 314. The van der Waals surface area contributed by atoms with E-state index in [4.69, 9.17) is 9.16 Å². The zero-order valence-electron chi connectivity index (χ0n) is 12.7. The van der Waals surface area contributed by atoms with Crippen molar-refractivity contribution in [2.24, 2.45) is 4.99 Å². The van der Waals surface area contributed by atoms with E-state index >= 15 is 0 Å². The van der Waals surface area contributed by atoms with E-state index in [1.807, 2.05) is 0 Å². The van der Waals surface area contributed by atoms with Gasteiger partial charge in [-0.15, -0.1) is 0 Å². The Kier molecular flexibility index (Phi) is 9.43. The number of carbonyl (C=O) groups excluding carboxylic acids is 1. The lowest BCUT2D eigenvalue weighted by Gasteiger charge is -2.22. The quantitative estimate of drug-likeness (QED) is 0.204. The van der Waals surface area contributed by atoms with Crippen molar-refractivity contribution in [3.05, 3.63) is 12.7 Å². The maximum Gasteiger partial charge on any atom is 0.330 e. The van der Waals surface area contributed by atoms with Gasteiger partial charge in [0, 0.05) is 18.3 Å². The Hall–Kier alpha value is -0.943. The van der Waals surface area contributed by atoms with Gasteiger partial charge in [-0.25, -0.2) is 4.79 Å². The van der Waals surface area contributed by atoms with Crippen molar-refractivity contribution >= 4 is 20.0 Å². The first kappa shape index (κ1) is 18.1. The van der Waals surface area contributed by atoms with Gasteiger partial charge in [-0.3, -0.25) is 4.99 Å². The van der Waals surface area contributed by atoms with Gasteiger partial charge < -0.3 is 9.16 Å². The average molecular weight is 285 g/mol. The minimum atomic E-state index is -1.65. The molecule has 0 heterocycles. The smallest absolute Gasteiger partial charge is 0.330 e. The first-order valence-corrected chi connectivity index (χ1v) is 9.96. The molecule has 0 fully saturated rings. The number of hydrogen-bond acceptors (Lipinski definition) is 4. The first-order valence-electron chi connectivity index (χ1n) is 6.84. The number of hydrogen-bond donors (Lipinski definition) is 0. The summed E-state index contributed by atoms with van der Waals surface area (Å²) >= 11 is 0. The van der Waals surface area contributed by atoms with Gasteiger partial charge in [-0.2, -0.15) is 0 Å². The highest BCUT2D eigenvalue weighted by Gasteiger charge is 2.21. The molecule has 0 amide bonds. The highest BCUT2D eigenvalue weighted by Crippen LogP contribution is 2.13. The molecule has 0 aliphatic heterocycles. The number of nitrogens with zero attached hydrogens (tertiary/aromatic N) is 1. The van der Waals surface area contributed by atoms with Crippen LogP contribution in [0, 0.1) is 0 Å². The molecule has 0 atom stereocenters. The van der Waals surface area contributed by atoms with Crippen LogP contribution in [0.25, 0.3) is 0 Å². The van der Waals surface area contributed by atoms with E-state index in [0.29, 0.717) is 13.2 Å². The van der Waals surface area contributed by atoms with Gasteiger partial charge in [0.15, 0.2) is 8.32 Å². The van der Waals surface area contributed by atoms with Gasteiger partial charge in [0.25, 0.3) is 0 Å². The van der Waals surface area contributed by atoms with Gasteiger partial charge >= 0.3 is 5.97 Å². The van der Waals surface area contributed by atoms with Crippen LogP contribution in [-0.2, 0) is 14.0 Å². The molecule has 0 aromatic rings. The fourth-order valence-corrected chi connectivity index (χ4v) is 3.27. The standard InChI is InChI=1S/C14H27NO3Si/c1-6-13(3)15-9-8-12-19(4,5)18-11-10-17-14(16)7-2/h7H,2,6,8-12H2,1,3-5H3. The summed E-state index contributed by atoms with van der Waals surface area (Å²) in [6, 6.07) is 1.07. The number of ether oxygens (including phenoxy) is 1. The second kappa shape index (κ2) is 9.92. The number of rotatable bonds is 10. The third kappa shape index (κ3) is 10.6. The zero-order valence-corrected chi connectivity index (χ0v) is 13.7. The highest BCUT2D eigenvalue weighted by atomic mass is 28.4. The Morgan fingerprint density at radius 3 is 2.63 bits per heavy atom. The molecule has 0 saturated carbocycles. The summed E-state index contributed by atoms with van der Waals surface area (Å²) in [5, 5.41) is 0. The van der Waals surface area contributed by atoms with Gasteiger partial charge in [-0.1, -0.05) is 13.5 Å². The Morgan fingerprint density at radius 1 is 1.37 bits per heavy atom. The maximum atomic E-state index is 10.8. The molecule has 5 heteroatoms. The highest BCUT2D eigenvalue weighted by molar-refractivity contribution is 6.71. The minimum absolute atomic E-state index is 0.300. The van der Waals surface area contributed by atoms with E-state index < -0.39 is 14.3 Å². The number of esters is 1. The SMILES string of the molecule is C=CC(=O)OCCO[Si](C)(C)CCCN=C(C)CC. The maximum absolute atomic E-state index is 10.8. The Balaban J connectivity index is 3.74. The molecular weight excluding hydrogens is 258 g/mol. The molecule has 19 heavy (non-hydrogen) atoms. The van der Waals surface area contributed by atoms with Crippen LogP contribution in [-0.4, -0.2) is 39.8 Å². The lowest BCUT2D eigenvalue weighted by atomic mass is 10.3. The Labute approximate surface area is 118 Å². The molecule has 4 nitrogen and oxygen atoms in total. The van der Waals surface area contributed by atoms with E-state index in [9.17, 15) is 4.79 Å². The molecule has 0 radical (unpaired) electrons. The van der Waals surface area contributed by atoms with E-state index in [0.717, 1.165) is 31.5 Å². The Morgan fingerprint density at radius 2 is 2.05 bits per heavy atom. The summed E-state index contributed by atoms with van der Waals surface area (Å²) in [7, 11) is -1.65. The molecular formula is C14H27NO3Si. The summed E-state index contributed by atoms with van der Waals surface area (Å²) in [5.41, 5.74) is 1.21. The second-order valence-electron chi connectivity index (χ2n) is 5.05. The van der Waals surface area contributed by atoms with Crippen LogP contribution in [0.2, 0.25) is 19.1 Å². The number of aliphatic imine (C=N–C) groups is 1. The van der Waals surface area contributed by atoms with Crippen LogP contribution in [0.5, 0.6) is 0 Å². The van der Waals surface area contributed by atoms with Crippen molar-refractivity contribution in [2.75, 3.05) is 19.8 Å². The molecule has 0 saturated heterocycles. The van der Waals surface area contributed by atoms with Crippen molar-refractivity contribution in [1.82, 2.24) is 0 Å². The molecule has 0 aliphatic carbocycles. The van der Waals surface area contributed by atoms with E-state index in [1.165, 1.54) is 5.71 Å². The predicted molar refractivity (Wildman–Crippen MR) is 82.3 cm³/mol.